The van der Waals surface area contributed by atoms with Gasteiger partial charge < -0.3 is 0 Å². The lowest BCUT2D eigenvalue weighted by Gasteiger charge is -2.11. The van der Waals surface area contributed by atoms with Gasteiger partial charge >= 0.3 is 0 Å². The van der Waals surface area contributed by atoms with Crippen molar-refractivity contribution in [1.82, 2.24) is 15.2 Å². The van der Waals surface area contributed by atoms with Crippen LogP contribution < -0.4 is 5.43 Å². The van der Waals surface area contributed by atoms with Gasteiger partial charge in [0.2, 0.25) is 5.43 Å². The summed E-state index contributed by atoms with van der Waals surface area (Å²) in [7, 11) is 0. The number of para-hydroxylation sites is 1. The molecule has 1 N–H and O–H groups in total. The largest absolute Gasteiger partial charge is 0.287 e. The number of H-pyrrole nitrogens is 1. The Labute approximate surface area is 118 Å². The number of aromatic amines is 1. The van der Waals surface area contributed by atoms with Gasteiger partial charge in [-0.3, -0.25) is 14.9 Å². The predicted octanol–water partition coefficient (Wildman–Crippen LogP) is 3.10. The second-order valence-electron chi connectivity index (χ2n) is 4.80. The molecule has 0 spiro atoms. The highest BCUT2D eigenvalue weighted by Crippen LogP contribution is 2.28. The molecule has 0 unspecified atom stereocenters. The highest BCUT2D eigenvalue weighted by Gasteiger charge is 2.25. The fraction of sp³-hybridized carbons (Fsp3) is 0.133. The zero-order valence-corrected chi connectivity index (χ0v) is 11.1. The fourth-order valence-electron chi connectivity index (χ4n) is 2.08. The van der Waals surface area contributed by atoms with Crippen molar-refractivity contribution in [3.63, 3.8) is 0 Å². The minimum absolute atomic E-state index is 0.0762. The summed E-state index contributed by atoms with van der Waals surface area (Å²) >= 11 is 0. The first-order valence-electron chi connectivity index (χ1n) is 6.28. The van der Waals surface area contributed by atoms with Crippen molar-refractivity contribution < 1.29 is 8.78 Å². The van der Waals surface area contributed by atoms with E-state index in [9.17, 15) is 13.6 Å². The number of aromatic nitrogens is 3. The van der Waals surface area contributed by atoms with E-state index >= 15 is 0 Å². The summed E-state index contributed by atoms with van der Waals surface area (Å²) in [6, 6.07) is 8.13. The van der Waals surface area contributed by atoms with Gasteiger partial charge in [0.05, 0.1) is 5.52 Å². The number of alkyl halides is 2. The van der Waals surface area contributed by atoms with Crippen LogP contribution in [0.3, 0.4) is 0 Å². The van der Waals surface area contributed by atoms with Crippen molar-refractivity contribution in [2.24, 2.45) is 0 Å². The molecule has 0 aliphatic heterocycles. The smallest absolute Gasteiger partial charge is 0.272 e. The van der Waals surface area contributed by atoms with Crippen LogP contribution in [-0.4, -0.2) is 15.2 Å². The summed E-state index contributed by atoms with van der Waals surface area (Å²) in [5.74, 6) is -3.02. The standard InChI is InChI=1S/C15H11F2N3O/c1-15(16,17)10-6-9(7-18-8-10)13-14(21)11-4-2-3-5-12(11)19-20-13/h2-8H,1H3,(H,19,21). The minimum Gasteiger partial charge on any atom is -0.287 e. The van der Waals surface area contributed by atoms with Crippen LogP contribution >= 0.6 is 0 Å². The highest BCUT2D eigenvalue weighted by molar-refractivity contribution is 5.81. The monoisotopic (exact) mass is 287 g/mol. The Morgan fingerprint density at radius 2 is 1.95 bits per heavy atom. The third-order valence-corrected chi connectivity index (χ3v) is 3.19. The van der Waals surface area contributed by atoms with Gasteiger partial charge in [-0.1, -0.05) is 12.1 Å². The van der Waals surface area contributed by atoms with Crippen molar-refractivity contribution in [3.05, 3.63) is 58.5 Å². The number of hydrogen-bond acceptors (Lipinski definition) is 3. The Hall–Kier alpha value is -2.63. The van der Waals surface area contributed by atoms with Crippen molar-refractivity contribution in [3.8, 4) is 11.3 Å². The fourth-order valence-corrected chi connectivity index (χ4v) is 2.08. The summed E-state index contributed by atoms with van der Waals surface area (Å²) in [6.07, 6.45) is 2.43. The molecule has 3 aromatic rings. The highest BCUT2D eigenvalue weighted by atomic mass is 19.3. The molecule has 106 valence electrons. The van der Waals surface area contributed by atoms with Crippen LogP contribution in [0.15, 0.2) is 47.5 Å². The molecule has 3 rings (SSSR count). The maximum atomic E-state index is 13.4. The zero-order valence-electron chi connectivity index (χ0n) is 11.1. The Morgan fingerprint density at radius 1 is 1.19 bits per heavy atom. The first-order valence-corrected chi connectivity index (χ1v) is 6.28. The van der Waals surface area contributed by atoms with Crippen molar-refractivity contribution in [2.75, 3.05) is 0 Å². The van der Waals surface area contributed by atoms with Crippen LogP contribution in [0.4, 0.5) is 8.78 Å². The molecule has 4 nitrogen and oxygen atoms in total. The molecule has 2 aromatic heterocycles. The summed E-state index contributed by atoms with van der Waals surface area (Å²) in [4.78, 5) is 16.2. The lowest BCUT2D eigenvalue weighted by molar-refractivity contribution is 0.0171. The van der Waals surface area contributed by atoms with Crippen LogP contribution in [-0.2, 0) is 5.92 Å². The molecule has 2 heterocycles. The van der Waals surface area contributed by atoms with Gasteiger partial charge in [-0.25, -0.2) is 8.78 Å². The first-order chi connectivity index (χ1) is 9.97. The van der Waals surface area contributed by atoms with Crippen LogP contribution in [0.25, 0.3) is 22.2 Å². The number of pyridine rings is 1. The van der Waals surface area contributed by atoms with E-state index in [0.717, 1.165) is 13.1 Å². The van der Waals surface area contributed by atoms with Crippen LogP contribution in [0, 0.1) is 0 Å². The third kappa shape index (κ3) is 2.40. The van der Waals surface area contributed by atoms with Gasteiger partial charge in [0, 0.05) is 35.8 Å². The number of benzene rings is 1. The number of hydrogen-bond donors (Lipinski definition) is 1. The molecular weight excluding hydrogens is 276 g/mol. The molecule has 0 aliphatic rings. The molecule has 21 heavy (non-hydrogen) atoms. The summed E-state index contributed by atoms with van der Waals surface area (Å²) in [5.41, 5.74) is 0.363. The average Bonchev–Trinajstić information content (AvgIpc) is 2.47. The number of nitrogens with zero attached hydrogens (tertiary/aromatic N) is 2. The molecule has 0 aliphatic carbocycles. The normalized spacial score (nSPS) is 11.8. The molecule has 0 radical (unpaired) electrons. The van der Waals surface area contributed by atoms with E-state index in [1.54, 1.807) is 24.3 Å². The lowest BCUT2D eigenvalue weighted by atomic mass is 10.1. The van der Waals surface area contributed by atoms with Gasteiger partial charge in [-0.2, -0.15) is 5.10 Å². The van der Waals surface area contributed by atoms with E-state index in [-0.39, 0.29) is 22.2 Å². The van der Waals surface area contributed by atoms with E-state index in [4.69, 9.17) is 0 Å². The topological polar surface area (TPSA) is 58.6 Å². The molecule has 0 saturated heterocycles. The van der Waals surface area contributed by atoms with E-state index < -0.39 is 5.92 Å². The van der Waals surface area contributed by atoms with Crippen molar-refractivity contribution in [2.45, 2.75) is 12.8 Å². The van der Waals surface area contributed by atoms with Gasteiger partial charge in [0.1, 0.15) is 5.69 Å². The summed E-state index contributed by atoms with van der Waals surface area (Å²) in [5, 5.41) is 7.18. The predicted molar refractivity (Wildman–Crippen MR) is 75.2 cm³/mol. The van der Waals surface area contributed by atoms with Crippen molar-refractivity contribution in [1.29, 1.82) is 0 Å². The first kappa shape index (κ1) is 13.4. The molecule has 0 saturated carbocycles. The second-order valence-corrected chi connectivity index (χ2v) is 4.80. The molecule has 1 aromatic carbocycles. The van der Waals surface area contributed by atoms with Gasteiger partial charge in [0.15, 0.2) is 0 Å². The van der Waals surface area contributed by atoms with E-state index in [1.165, 1.54) is 12.3 Å². The van der Waals surface area contributed by atoms with Crippen LogP contribution in [0.5, 0.6) is 0 Å². The van der Waals surface area contributed by atoms with Crippen LogP contribution in [0.2, 0.25) is 0 Å². The number of nitrogens with one attached hydrogen (secondary N) is 1. The van der Waals surface area contributed by atoms with Crippen molar-refractivity contribution >= 4 is 10.9 Å². The molecule has 6 heteroatoms. The van der Waals surface area contributed by atoms with Gasteiger partial charge in [-0.05, 0) is 18.2 Å². The molecule has 0 atom stereocenters. The molecular formula is C15H11F2N3O. The van der Waals surface area contributed by atoms with Gasteiger partial charge in [0.25, 0.3) is 5.92 Å². The summed E-state index contributed by atoms with van der Waals surface area (Å²) in [6.45, 7) is 0.784. The SMILES string of the molecule is CC(F)(F)c1cncc(-c2n[nH]c3ccccc3c2=O)c1. The number of fused-ring (bicyclic) bond motifs is 1. The second kappa shape index (κ2) is 4.73. The average molecular weight is 287 g/mol. The maximum absolute atomic E-state index is 13.4. The maximum Gasteiger partial charge on any atom is 0.272 e. The Kier molecular flexibility index (Phi) is 3.01. The minimum atomic E-state index is -3.02. The third-order valence-electron chi connectivity index (χ3n) is 3.19. The number of rotatable bonds is 2. The number of halogens is 2. The lowest BCUT2D eigenvalue weighted by Crippen LogP contribution is -2.12. The van der Waals surface area contributed by atoms with E-state index in [2.05, 4.69) is 15.2 Å². The zero-order chi connectivity index (χ0) is 15.0. The van der Waals surface area contributed by atoms with E-state index in [0.29, 0.717) is 10.9 Å². The molecule has 0 amide bonds. The Morgan fingerprint density at radius 3 is 2.71 bits per heavy atom. The summed E-state index contributed by atoms with van der Waals surface area (Å²) < 4.78 is 26.7. The Bertz CT molecular complexity index is 868. The quantitative estimate of drug-likeness (QED) is 0.788. The Balaban J connectivity index is 2.22. The molecule has 0 bridgehead atoms. The van der Waals surface area contributed by atoms with Gasteiger partial charge in [-0.15, -0.1) is 0 Å². The van der Waals surface area contributed by atoms with Crippen LogP contribution in [0.1, 0.15) is 12.5 Å². The van der Waals surface area contributed by atoms with E-state index in [1.807, 2.05) is 0 Å². The molecule has 0 fully saturated rings.